The van der Waals surface area contributed by atoms with Crippen LogP contribution in [-0.4, -0.2) is 24.3 Å². The second-order valence-electron chi connectivity index (χ2n) is 2.52. The minimum atomic E-state index is -0.934. The predicted molar refractivity (Wildman–Crippen MR) is 61.9 cm³/mol. The fraction of sp³-hybridized carbons (Fsp3) is 0.375. The van der Waals surface area contributed by atoms with Crippen molar-refractivity contribution in [3.8, 4) is 0 Å². The van der Waals surface area contributed by atoms with Crippen molar-refractivity contribution in [1.29, 1.82) is 0 Å². The van der Waals surface area contributed by atoms with Crippen LogP contribution in [0.4, 0.5) is 0 Å². The molecule has 0 aliphatic carbocycles. The van der Waals surface area contributed by atoms with Gasteiger partial charge in [-0.05, 0) is 31.9 Å². The normalized spacial score (nSPS) is 10.4. The van der Waals surface area contributed by atoms with Gasteiger partial charge in [0.1, 0.15) is 6.61 Å². The van der Waals surface area contributed by atoms with Crippen LogP contribution in [0.25, 0.3) is 0 Å². The Hall–Kier alpha value is 0.0900. The average molecular weight is 344 g/mol. The number of carboxylic acid groups (broad SMARTS) is 1. The van der Waals surface area contributed by atoms with E-state index in [2.05, 4.69) is 31.9 Å². The SMILES string of the molecule is O=C(O)COCCc1scc(Br)c1Br. The second-order valence-corrected chi connectivity index (χ2v) is 5.13. The van der Waals surface area contributed by atoms with Gasteiger partial charge in [0.25, 0.3) is 0 Å². The number of rotatable bonds is 5. The monoisotopic (exact) mass is 342 g/mol. The van der Waals surface area contributed by atoms with Crippen molar-refractivity contribution >= 4 is 49.2 Å². The summed E-state index contributed by atoms with van der Waals surface area (Å²) in [5.74, 6) is -0.934. The zero-order valence-electron chi connectivity index (χ0n) is 7.13. The molecule has 0 spiro atoms. The van der Waals surface area contributed by atoms with Gasteiger partial charge in [0.15, 0.2) is 0 Å². The van der Waals surface area contributed by atoms with Crippen LogP contribution in [0.2, 0.25) is 0 Å². The molecule has 0 amide bonds. The summed E-state index contributed by atoms with van der Waals surface area (Å²) < 4.78 is 6.99. The Morgan fingerprint density at radius 3 is 2.79 bits per heavy atom. The highest BCUT2D eigenvalue weighted by Gasteiger charge is 2.06. The molecule has 1 aromatic rings. The molecule has 6 heteroatoms. The number of thiophene rings is 1. The minimum Gasteiger partial charge on any atom is -0.480 e. The smallest absolute Gasteiger partial charge is 0.329 e. The van der Waals surface area contributed by atoms with Gasteiger partial charge in [0.05, 0.1) is 6.61 Å². The standard InChI is InChI=1S/C8H8Br2O3S/c9-5-4-14-6(8(5)10)1-2-13-3-7(11)12/h4H,1-3H2,(H,11,12). The van der Waals surface area contributed by atoms with E-state index >= 15 is 0 Å². The van der Waals surface area contributed by atoms with E-state index in [9.17, 15) is 4.79 Å². The first-order valence-corrected chi connectivity index (χ1v) is 6.28. The number of aliphatic carboxylic acids is 1. The van der Waals surface area contributed by atoms with Gasteiger partial charge in [0.2, 0.25) is 0 Å². The van der Waals surface area contributed by atoms with Crippen LogP contribution in [-0.2, 0) is 16.0 Å². The van der Waals surface area contributed by atoms with Crippen molar-refractivity contribution in [2.75, 3.05) is 13.2 Å². The van der Waals surface area contributed by atoms with Gasteiger partial charge in [-0.25, -0.2) is 4.79 Å². The molecule has 0 aromatic carbocycles. The van der Waals surface area contributed by atoms with E-state index in [1.165, 1.54) is 0 Å². The van der Waals surface area contributed by atoms with E-state index in [0.29, 0.717) is 6.61 Å². The van der Waals surface area contributed by atoms with Gasteiger partial charge in [-0.15, -0.1) is 11.3 Å². The minimum absolute atomic E-state index is 0.232. The summed E-state index contributed by atoms with van der Waals surface area (Å²) in [6.07, 6.45) is 0.726. The summed E-state index contributed by atoms with van der Waals surface area (Å²) in [5.41, 5.74) is 0. The number of hydrogen-bond acceptors (Lipinski definition) is 3. The molecule has 0 unspecified atom stereocenters. The zero-order valence-corrected chi connectivity index (χ0v) is 11.1. The summed E-state index contributed by atoms with van der Waals surface area (Å²) in [5, 5.41) is 10.3. The number of carboxylic acids is 1. The van der Waals surface area contributed by atoms with Crippen molar-refractivity contribution < 1.29 is 14.6 Å². The molecule has 0 atom stereocenters. The highest BCUT2D eigenvalue weighted by Crippen LogP contribution is 2.32. The third-order valence-electron chi connectivity index (χ3n) is 1.46. The Kier molecular flexibility index (Phi) is 5.08. The van der Waals surface area contributed by atoms with Crippen molar-refractivity contribution in [1.82, 2.24) is 0 Å². The number of carbonyl (C=O) groups is 1. The summed E-state index contributed by atoms with van der Waals surface area (Å²) >= 11 is 8.41. The third-order valence-corrected chi connectivity index (χ3v) is 5.13. The average Bonchev–Trinajstić information content (AvgIpc) is 2.43. The van der Waals surface area contributed by atoms with E-state index < -0.39 is 5.97 Å². The van der Waals surface area contributed by atoms with Crippen molar-refractivity contribution in [3.05, 3.63) is 19.2 Å². The van der Waals surface area contributed by atoms with Crippen LogP contribution >= 0.6 is 43.2 Å². The van der Waals surface area contributed by atoms with Gasteiger partial charge in [-0.2, -0.15) is 0 Å². The van der Waals surface area contributed by atoms with E-state index in [-0.39, 0.29) is 6.61 Å². The van der Waals surface area contributed by atoms with Crippen LogP contribution in [0.3, 0.4) is 0 Å². The molecule has 1 heterocycles. The molecule has 0 bridgehead atoms. The lowest BCUT2D eigenvalue weighted by molar-refractivity contribution is -0.142. The lowest BCUT2D eigenvalue weighted by Crippen LogP contribution is -2.08. The van der Waals surface area contributed by atoms with E-state index in [0.717, 1.165) is 20.2 Å². The van der Waals surface area contributed by atoms with Crippen LogP contribution < -0.4 is 0 Å². The molecule has 0 saturated carbocycles. The van der Waals surface area contributed by atoms with Crippen molar-refractivity contribution in [3.63, 3.8) is 0 Å². The Morgan fingerprint density at radius 2 is 2.29 bits per heavy atom. The maximum Gasteiger partial charge on any atom is 0.329 e. The first-order valence-electron chi connectivity index (χ1n) is 3.82. The first-order chi connectivity index (χ1) is 6.61. The predicted octanol–water partition coefficient (Wildman–Crippen LogP) is 2.92. The maximum absolute atomic E-state index is 10.1. The van der Waals surface area contributed by atoms with E-state index in [1.807, 2.05) is 5.38 Å². The summed E-state index contributed by atoms with van der Waals surface area (Å²) in [7, 11) is 0. The van der Waals surface area contributed by atoms with Gasteiger partial charge in [0, 0.05) is 25.6 Å². The summed E-state index contributed by atoms with van der Waals surface area (Å²) in [6.45, 7) is 0.196. The lowest BCUT2D eigenvalue weighted by atomic mass is 10.4. The van der Waals surface area contributed by atoms with E-state index in [4.69, 9.17) is 9.84 Å². The van der Waals surface area contributed by atoms with Gasteiger partial charge >= 0.3 is 5.97 Å². The molecule has 14 heavy (non-hydrogen) atoms. The first kappa shape index (κ1) is 12.2. The Morgan fingerprint density at radius 1 is 1.57 bits per heavy atom. The molecule has 1 aromatic heterocycles. The second kappa shape index (κ2) is 5.85. The molecule has 3 nitrogen and oxygen atoms in total. The van der Waals surface area contributed by atoms with Crippen molar-refractivity contribution in [2.24, 2.45) is 0 Å². The van der Waals surface area contributed by atoms with Crippen LogP contribution in [0, 0.1) is 0 Å². The van der Waals surface area contributed by atoms with Crippen LogP contribution in [0.5, 0.6) is 0 Å². The Bertz CT molecular complexity index is 324. The highest BCUT2D eigenvalue weighted by molar-refractivity contribution is 9.13. The summed E-state index contributed by atoms with van der Waals surface area (Å²) in [6, 6.07) is 0. The number of halogens is 2. The number of ether oxygens (including phenoxy) is 1. The van der Waals surface area contributed by atoms with Gasteiger partial charge < -0.3 is 9.84 Å². The van der Waals surface area contributed by atoms with Gasteiger partial charge in [-0.3, -0.25) is 0 Å². The zero-order chi connectivity index (χ0) is 10.6. The molecule has 1 N–H and O–H groups in total. The fourth-order valence-electron chi connectivity index (χ4n) is 0.853. The van der Waals surface area contributed by atoms with Gasteiger partial charge in [-0.1, -0.05) is 0 Å². The largest absolute Gasteiger partial charge is 0.480 e. The summed E-state index contributed by atoms with van der Waals surface area (Å²) in [4.78, 5) is 11.3. The molecular weight excluding hydrogens is 336 g/mol. The Labute approximate surface area is 102 Å². The van der Waals surface area contributed by atoms with E-state index in [1.54, 1.807) is 11.3 Å². The van der Waals surface area contributed by atoms with Crippen LogP contribution in [0.1, 0.15) is 4.88 Å². The lowest BCUT2D eigenvalue weighted by Gasteiger charge is -1.99. The molecule has 0 radical (unpaired) electrons. The maximum atomic E-state index is 10.1. The number of hydrogen-bond donors (Lipinski definition) is 1. The molecule has 1 rings (SSSR count). The molecule has 0 aliphatic rings. The molecule has 0 aliphatic heterocycles. The molecular formula is C8H8Br2O3S. The topological polar surface area (TPSA) is 46.5 Å². The van der Waals surface area contributed by atoms with Crippen LogP contribution in [0.15, 0.2) is 14.3 Å². The van der Waals surface area contributed by atoms with Crippen molar-refractivity contribution in [2.45, 2.75) is 6.42 Å². The third kappa shape index (κ3) is 3.68. The molecule has 78 valence electrons. The fourth-order valence-corrected chi connectivity index (χ4v) is 3.03. The molecule has 0 saturated heterocycles. The highest BCUT2D eigenvalue weighted by atomic mass is 79.9. The Balaban J connectivity index is 2.31. The molecule has 0 fully saturated rings. The quantitative estimate of drug-likeness (QED) is 0.836.